The Labute approximate surface area is 114 Å². The van der Waals surface area contributed by atoms with Gasteiger partial charge in [-0.2, -0.15) is 0 Å². The normalized spacial score (nSPS) is 30.2. The Morgan fingerprint density at radius 2 is 2.05 bits per heavy atom. The van der Waals surface area contributed by atoms with Gasteiger partial charge in [-0.05, 0) is 50.7 Å². The number of nitrogens with two attached hydrogens (primary N) is 1. The predicted octanol–water partition coefficient (Wildman–Crippen LogP) is 2.48. The molecule has 0 aromatic heterocycles. The minimum atomic E-state index is 0.128. The molecule has 2 aliphatic rings. The van der Waals surface area contributed by atoms with Crippen LogP contribution in [-0.4, -0.2) is 18.0 Å². The molecule has 1 aliphatic heterocycles. The Morgan fingerprint density at radius 1 is 1.26 bits per heavy atom. The molecule has 3 rings (SSSR count). The maximum absolute atomic E-state index is 12.8. The van der Waals surface area contributed by atoms with Gasteiger partial charge in [-0.25, -0.2) is 0 Å². The average molecular weight is 258 g/mol. The van der Waals surface area contributed by atoms with Crippen molar-refractivity contribution in [3.63, 3.8) is 0 Å². The molecule has 1 aromatic rings. The van der Waals surface area contributed by atoms with E-state index in [1.807, 2.05) is 11.0 Å². The summed E-state index contributed by atoms with van der Waals surface area (Å²) >= 11 is 0. The van der Waals surface area contributed by atoms with Crippen LogP contribution < -0.4 is 10.6 Å². The third kappa shape index (κ3) is 2.27. The topological polar surface area (TPSA) is 46.3 Å². The Bertz CT molecular complexity index is 485. The number of carbonyl (C=O) groups is 1. The molecule has 102 valence electrons. The minimum Gasteiger partial charge on any atom is -0.328 e. The third-order valence-electron chi connectivity index (χ3n) is 4.58. The molecule has 1 aromatic carbocycles. The highest BCUT2D eigenvalue weighted by atomic mass is 16.2. The van der Waals surface area contributed by atoms with Gasteiger partial charge in [-0.1, -0.05) is 18.2 Å². The van der Waals surface area contributed by atoms with Crippen molar-refractivity contribution < 1.29 is 4.79 Å². The van der Waals surface area contributed by atoms with Gasteiger partial charge in [-0.15, -0.1) is 0 Å². The fraction of sp³-hybridized carbons (Fsp3) is 0.562. The van der Waals surface area contributed by atoms with Crippen molar-refractivity contribution >= 4 is 11.6 Å². The van der Waals surface area contributed by atoms with E-state index in [2.05, 4.69) is 25.1 Å². The molecule has 3 nitrogen and oxygen atoms in total. The van der Waals surface area contributed by atoms with Crippen molar-refractivity contribution in [2.24, 2.45) is 11.7 Å². The number of rotatable bonds is 1. The summed E-state index contributed by atoms with van der Waals surface area (Å²) in [6, 6.07) is 8.82. The molecular weight excluding hydrogens is 236 g/mol. The zero-order valence-corrected chi connectivity index (χ0v) is 11.5. The summed E-state index contributed by atoms with van der Waals surface area (Å²) < 4.78 is 0. The van der Waals surface area contributed by atoms with E-state index >= 15 is 0 Å². The van der Waals surface area contributed by atoms with Gasteiger partial charge in [0.2, 0.25) is 5.91 Å². The second-order valence-corrected chi connectivity index (χ2v) is 5.99. The van der Waals surface area contributed by atoms with Crippen LogP contribution in [0.25, 0.3) is 0 Å². The molecule has 0 saturated heterocycles. The van der Waals surface area contributed by atoms with Gasteiger partial charge >= 0.3 is 0 Å². The maximum Gasteiger partial charge on any atom is 0.230 e. The van der Waals surface area contributed by atoms with Crippen LogP contribution in [0.4, 0.5) is 5.69 Å². The van der Waals surface area contributed by atoms with Gasteiger partial charge in [0, 0.05) is 23.7 Å². The largest absolute Gasteiger partial charge is 0.328 e. The number of anilines is 1. The Kier molecular flexibility index (Phi) is 3.31. The Balaban J connectivity index is 1.89. The van der Waals surface area contributed by atoms with Crippen molar-refractivity contribution in [2.75, 3.05) is 4.90 Å². The molecule has 0 spiro atoms. The van der Waals surface area contributed by atoms with Crippen LogP contribution in [0.2, 0.25) is 0 Å². The Morgan fingerprint density at radius 3 is 2.79 bits per heavy atom. The highest BCUT2D eigenvalue weighted by Crippen LogP contribution is 2.34. The third-order valence-corrected chi connectivity index (χ3v) is 4.58. The molecule has 19 heavy (non-hydrogen) atoms. The van der Waals surface area contributed by atoms with E-state index < -0.39 is 0 Å². The van der Waals surface area contributed by atoms with E-state index in [-0.39, 0.29) is 17.9 Å². The number of hydrogen-bond donors (Lipinski definition) is 1. The van der Waals surface area contributed by atoms with Crippen molar-refractivity contribution in [3.05, 3.63) is 29.8 Å². The minimum absolute atomic E-state index is 0.128. The number of fused-ring (bicyclic) bond motifs is 1. The van der Waals surface area contributed by atoms with Gasteiger partial charge in [-0.3, -0.25) is 4.79 Å². The number of carbonyl (C=O) groups excluding carboxylic acids is 1. The number of amides is 1. The van der Waals surface area contributed by atoms with Crippen LogP contribution in [0, 0.1) is 5.92 Å². The summed E-state index contributed by atoms with van der Waals surface area (Å²) in [7, 11) is 0. The van der Waals surface area contributed by atoms with Gasteiger partial charge < -0.3 is 10.6 Å². The first kappa shape index (κ1) is 12.7. The summed E-state index contributed by atoms with van der Waals surface area (Å²) in [6.07, 6.45) is 4.92. The zero-order valence-electron chi connectivity index (χ0n) is 11.5. The lowest BCUT2D eigenvalue weighted by Crippen LogP contribution is -2.45. The van der Waals surface area contributed by atoms with Gasteiger partial charge in [0.1, 0.15) is 0 Å². The quantitative estimate of drug-likeness (QED) is 0.841. The molecule has 1 amide bonds. The molecule has 1 fully saturated rings. The van der Waals surface area contributed by atoms with Crippen LogP contribution in [-0.2, 0) is 11.2 Å². The number of benzene rings is 1. The molecule has 1 aliphatic carbocycles. The lowest BCUT2D eigenvalue weighted by atomic mass is 9.94. The van der Waals surface area contributed by atoms with Crippen LogP contribution in [0.1, 0.15) is 38.2 Å². The summed E-state index contributed by atoms with van der Waals surface area (Å²) in [5.41, 5.74) is 8.37. The smallest absolute Gasteiger partial charge is 0.230 e. The van der Waals surface area contributed by atoms with Crippen molar-refractivity contribution in [3.8, 4) is 0 Å². The fourth-order valence-electron chi connectivity index (χ4n) is 3.46. The number of nitrogens with zero attached hydrogens (tertiary/aromatic N) is 1. The average Bonchev–Trinajstić information content (AvgIpc) is 2.85. The molecule has 3 heteroatoms. The van der Waals surface area contributed by atoms with Crippen LogP contribution in [0.5, 0.6) is 0 Å². The van der Waals surface area contributed by atoms with Crippen LogP contribution >= 0.6 is 0 Å². The maximum atomic E-state index is 12.8. The second kappa shape index (κ2) is 4.97. The van der Waals surface area contributed by atoms with Gasteiger partial charge in [0.05, 0.1) is 0 Å². The summed E-state index contributed by atoms with van der Waals surface area (Å²) in [5, 5.41) is 0. The van der Waals surface area contributed by atoms with Crippen LogP contribution in [0.15, 0.2) is 24.3 Å². The first-order valence-electron chi connectivity index (χ1n) is 7.33. The molecular formula is C16H22N2O. The standard InChI is InChI=1S/C16H22N2O/c1-11-6-7-12-4-2-3-5-15(12)18(11)16(19)13-8-9-14(17)10-13/h2-5,11,13-14H,6-10,17H2,1H3. The number of aryl methyl sites for hydroxylation is 1. The van der Waals surface area contributed by atoms with E-state index in [4.69, 9.17) is 5.73 Å². The summed E-state index contributed by atoms with van der Waals surface area (Å²) in [6.45, 7) is 2.16. The zero-order chi connectivity index (χ0) is 13.4. The molecule has 2 N–H and O–H groups in total. The highest BCUT2D eigenvalue weighted by Gasteiger charge is 2.35. The Hall–Kier alpha value is -1.35. The molecule has 1 saturated carbocycles. The molecule has 1 heterocycles. The molecule has 3 atom stereocenters. The molecule has 0 radical (unpaired) electrons. The van der Waals surface area contributed by atoms with E-state index in [0.29, 0.717) is 6.04 Å². The summed E-state index contributed by atoms with van der Waals surface area (Å²) in [5.74, 6) is 0.413. The van der Waals surface area contributed by atoms with Crippen molar-refractivity contribution in [1.29, 1.82) is 0 Å². The van der Waals surface area contributed by atoms with E-state index in [9.17, 15) is 4.79 Å². The SMILES string of the molecule is CC1CCc2ccccc2N1C(=O)C1CCC(N)C1. The van der Waals surface area contributed by atoms with Crippen molar-refractivity contribution in [2.45, 2.75) is 51.1 Å². The molecule has 3 unspecified atom stereocenters. The van der Waals surface area contributed by atoms with E-state index in [1.165, 1.54) is 5.56 Å². The lowest BCUT2D eigenvalue weighted by Gasteiger charge is -2.37. The van der Waals surface area contributed by atoms with Crippen LogP contribution in [0.3, 0.4) is 0 Å². The summed E-state index contributed by atoms with van der Waals surface area (Å²) in [4.78, 5) is 14.8. The highest BCUT2D eigenvalue weighted by molar-refractivity contribution is 5.97. The van der Waals surface area contributed by atoms with Gasteiger partial charge in [0.25, 0.3) is 0 Å². The number of para-hydroxylation sites is 1. The first-order valence-corrected chi connectivity index (χ1v) is 7.33. The van der Waals surface area contributed by atoms with Crippen molar-refractivity contribution in [1.82, 2.24) is 0 Å². The predicted molar refractivity (Wildman–Crippen MR) is 77.0 cm³/mol. The van der Waals surface area contributed by atoms with E-state index in [1.54, 1.807) is 0 Å². The number of hydrogen-bond acceptors (Lipinski definition) is 2. The fourth-order valence-corrected chi connectivity index (χ4v) is 3.46. The van der Waals surface area contributed by atoms with E-state index in [0.717, 1.165) is 37.8 Å². The lowest BCUT2D eigenvalue weighted by molar-refractivity contribution is -0.122. The second-order valence-electron chi connectivity index (χ2n) is 5.99. The monoisotopic (exact) mass is 258 g/mol. The first-order chi connectivity index (χ1) is 9.16. The molecule has 0 bridgehead atoms. The van der Waals surface area contributed by atoms with Gasteiger partial charge in [0.15, 0.2) is 0 Å².